The van der Waals surface area contributed by atoms with E-state index in [9.17, 15) is 14.3 Å². The van der Waals surface area contributed by atoms with Gasteiger partial charge in [-0.15, -0.1) is 0 Å². The van der Waals surface area contributed by atoms with Crippen LogP contribution in [0.3, 0.4) is 0 Å². The number of hydrogen-bond donors (Lipinski definition) is 2. The van der Waals surface area contributed by atoms with E-state index in [2.05, 4.69) is 23.8 Å². The summed E-state index contributed by atoms with van der Waals surface area (Å²) in [6, 6.07) is 11.4. The molecule has 0 saturated heterocycles. The van der Waals surface area contributed by atoms with Crippen LogP contribution in [0.5, 0.6) is 5.88 Å². The summed E-state index contributed by atoms with van der Waals surface area (Å²) in [5.41, 5.74) is 1.43. The SMILES string of the molecule is CC(C)c1ccc(N=Cc2c(O)n(-c3ccc(F)c(Cl)c3)c(=S)[nH]c2=O)cc1. The van der Waals surface area contributed by atoms with Crippen LogP contribution < -0.4 is 5.56 Å². The Hall–Kier alpha value is -2.77. The van der Waals surface area contributed by atoms with E-state index in [4.69, 9.17) is 23.8 Å². The lowest BCUT2D eigenvalue weighted by molar-refractivity contribution is 0.432. The molecule has 5 nitrogen and oxygen atoms in total. The van der Waals surface area contributed by atoms with Crippen LogP contribution >= 0.6 is 23.8 Å². The summed E-state index contributed by atoms with van der Waals surface area (Å²) >= 11 is 10.9. The Morgan fingerprint density at radius 2 is 1.93 bits per heavy atom. The Labute approximate surface area is 170 Å². The molecule has 28 heavy (non-hydrogen) atoms. The maximum Gasteiger partial charge on any atom is 0.264 e. The third-order valence-corrected chi connectivity index (χ3v) is 4.76. The normalized spacial score (nSPS) is 11.5. The monoisotopic (exact) mass is 417 g/mol. The fraction of sp³-hybridized carbons (Fsp3) is 0.150. The van der Waals surface area contributed by atoms with Gasteiger partial charge in [0.1, 0.15) is 11.4 Å². The first-order valence-corrected chi connectivity index (χ1v) is 9.24. The molecule has 3 rings (SSSR count). The van der Waals surface area contributed by atoms with Crippen molar-refractivity contribution in [2.45, 2.75) is 19.8 Å². The average molecular weight is 418 g/mol. The fourth-order valence-corrected chi connectivity index (χ4v) is 3.06. The van der Waals surface area contributed by atoms with E-state index < -0.39 is 17.3 Å². The minimum absolute atomic E-state index is 0.0522. The van der Waals surface area contributed by atoms with Gasteiger partial charge in [0, 0.05) is 6.21 Å². The van der Waals surface area contributed by atoms with Crippen LogP contribution in [-0.4, -0.2) is 20.9 Å². The maximum atomic E-state index is 13.4. The molecule has 2 N–H and O–H groups in total. The number of aromatic amines is 1. The molecular formula is C20H17ClFN3O2S. The predicted octanol–water partition coefficient (Wildman–Crippen LogP) is 5.27. The van der Waals surface area contributed by atoms with Crippen molar-refractivity contribution < 1.29 is 9.50 Å². The smallest absolute Gasteiger partial charge is 0.264 e. The van der Waals surface area contributed by atoms with E-state index in [1.54, 1.807) is 0 Å². The van der Waals surface area contributed by atoms with Gasteiger partial charge in [-0.05, 0) is 54.0 Å². The number of aliphatic imine (C=N–C) groups is 1. The second kappa shape index (κ2) is 8.08. The lowest BCUT2D eigenvalue weighted by atomic mass is 10.0. The Bertz CT molecular complexity index is 1170. The number of aromatic nitrogens is 2. The molecule has 0 fully saturated rings. The summed E-state index contributed by atoms with van der Waals surface area (Å²) in [6.45, 7) is 4.18. The molecule has 0 unspecified atom stereocenters. The largest absolute Gasteiger partial charge is 0.494 e. The third-order valence-electron chi connectivity index (χ3n) is 4.18. The fourth-order valence-electron chi connectivity index (χ4n) is 2.60. The number of aromatic hydroxyl groups is 1. The second-order valence-corrected chi connectivity index (χ2v) is 7.23. The van der Waals surface area contributed by atoms with E-state index >= 15 is 0 Å². The van der Waals surface area contributed by atoms with Crippen molar-refractivity contribution in [3.63, 3.8) is 0 Å². The summed E-state index contributed by atoms with van der Waals surface area (Å²) in [5, 5.41) is 10.5. The maximum absolute atomic E-state index is 13.4. The van der Waals surface area contributed by atoms with Crippen LogP contribution in [0.2, 0.25) is 5.02 Å². The number of nitrogens with zero attached hydrogens (tertiary/aromatic N) is 2. The van der Waals surface area contributed by atoms with Crippen LogP contribution in [0, 0.1) is 10.6 Å². The molecule has 0 amide bonds. The highest BCUT2D eigenvalue weighted by Gasteiger charge is 2.14. The molecule has 0 aliphatic heterocycles. The quantitative estimate of drug-likeness (QED) is 0.449. The minimum Gasteiger partial charge on any atom is -0.494 e. The number of H-pyrrole nitrogens is 1. The number of rotatable bonds is 4. The van der Waals surface area contributed by atoms with Gasteiger partial charge in [0.2, 0.25) is 5.88 Å². The van der Waals surface area contributed by atoms with Crippen molar-refractivity contribution >= 4 is 35.7 Å². The second-order valence-electron chi connectivity index (χ2n) is 6.43. The first-order chi connectivity index (χ1) is 13.3. The highest BCUT2D eigenvalue weighted by molar-refractivity contribution is 7.71. The topological polar surface area (TPSA) is 70.4 Å². The van der Waals surface area contributed by atoms with Gasteiger partial charge in [-0.2, -0.15) is 0 Å². The van der Waals surface area contributed by atoms with Gasteiger partial charge in [-0.1, -0.05) is 37.6 Å². The molecule has 1 aromatic heterocycles. The molecular weight excluding hydrogens is 401 g/mol. The van der Waals surface area contributed by atoms with Crippen LogP contribution in [0.4, 0.5) is 10.1 Å². The van der Waals surface area contributed by atoms with Gasteiger partial charge in [-0.3, -0.25) is 19.3 Å². The lowest BCUT2D eigenvalue weighted by Crippen LogP contribution is -2.18. The summed E-state index contributed by atoms with van der Waals surface area (Å²) in [7, 11) is 0. The van der Waals surface area contributed by atoms with Gasteiger partial charge < -0.3 is 5.11 Å². The number of benzene rings is 2. The third kappa shape index (κ3) is 4.05. The molecule has 0 bridgehead atoms. The van der Waals surface area contributed by atoms with Crippen molar-refractivity contribution in [1.29, 1.82) is 0 Å². The van der Waals surface area contributed by atoms with Crippen LogP contribution in [0.1, 0.15) is 30.9 Å². The Balaban J connectivity index is 2.05. The average Bonchev–Trinajstić information content (AvgIpc) is 2.64. The highest BCUT2D eigenvalue weighted by Crippen LogP contribution is 2.24. The van der Waals surface area contributed by atoms with Gasteiger partial charge in [-0.25, -0.2) is 4.39 Å². The zero-order valence-electron chi connectivity index (χ0n) is 15.1. The van der Waals surface area contributed by atoms with Crippen LogP contribution in [-0.2, 0) is 0 Å². The predicted molar refractivity (Wildman–Crippen MR) is 112 cm³/mol. The Morgan fingerprint density at radius 1 is 1.25 bits per heavy atom. The minimum atomic E-state index is -0.604. The van der Waals surface area contributed by atoms with E-state index in [1.165, 1.54) is 28.5 Å². The van der Waals surface area contributed by atoms with Crippen LogP contribution in [0.15, 0.2) is 52.3 Å². The zero-order valence-corrected chi connectivity index (χ0v) is 16.7. The molecule has 144 valence electrons. The van der Waals surface area contributed by atoms with Crippen molar-refractivity contribution in [3.8, 4) is 11.6 Å². The molecule has 0 saturated carbocycles. The van der Waals surface area contributed by atoms with Gasteiger partial charge in [0.25, 0.3) is 5.56 Å². The summed E-state index contributed by atoms with van der Waals surface area (Å²) in [6.07, 6.45) is 1.26. The highest BCUT2D eigenvalue weighted by atomic mass is 35.5. The molecule has 0 atom stereocenters. The first kappa shape index (κ1) is 20.0. The van der Waals surface area contributed by atoms with Crippen molar-refractivity contribution in [2.24, 2.45) is 4.99 Å². The van der Waals surface area contributed by atoms with E-state index in [0.717, 1.165) is 6.07 Å². The zero-order chi connectivity index (χ0) is 20.4. The standard InChI is InChI=1S/C20H17ClFN3O2S/c1-11(2)12-3-5-13(6-4-12)23-10-15-18(26)24-20(28)25(19(15)27)14-7-8-17(22)16(21)9-14/h3-11,27H,1-2H3,(H,24,26,28). The summed E-state index contributed by atoms with van der Waals surface area (Å²) in [5.74, 6) is -0.627. The van der Waals surface area contributed by atoms with E-state index in [0.29, 0.717) is 17.3 Å². The molecule has 0 aliphatic rings. The molecule has 1 heterocycles. The number of nitrogens with one attached hydrogen (secondary N) is 1. The van der Waals surface area contributed by atoms with Crippen molar-refractivity contribution in [3.05, 3.63) is 79.6 Å². The molecule has 0 spiro atoms. The number of hydrogen-bond acceptors (Lipinski definition) is 4. The first-order valence-electron chi connectivity index (χ1n) is 8.45. The molecule has 3 aromatic rings. The molecule has 0 radical (unpaired) electrons. The van der Waals surface area contributed by atoms with Crippen LogP contribution in [0.25, 0.3) is 5.69 Å². The summed E-state index contributed by atoms with van der Waals surface area (Å²) < 4.78 is 14.6. The number of halogens is 2. The van der Waals surface area contributed by atoms with E-state index in [1.807, 2.05) is 24.3 Å². The Kier molecular flexibility index (Phi) is 5.76. The van der Waals surface area contributed by atoms with Crippen molar-refractivity contribution in [1.82, 2.24) is 9.55 Å². The molecule has 8 heteroatoms. The summed E-state index contributed by atoms with van der Waals surface area (Å²) in [4.78, 5) is 19.0. The van der Waals surface area contributed by atoms with Gasteiger partial charge in [0.15, 0.2) is 4.77 Å². The van der Waals surface area contributed by atoms with Crippen molar-refractivity contribution in [2.75, 3.05) is 0 Å². The molecule has 0 aliphatic carbocycles. The lowest BCUT2D eigenvalue weighted by Gasteiger charge is -2.11. The Morgan fingerprint density at radius 3 is 2.54 bits per heavy atom. The van der Waals surface area contributed by atoms with Gasteiger partial charge >= 0.3 is 0 Å². The molecule has 2 aromatic carbocycles. The van der Waals surface area contributed by atoms with E-state index in [-0.39, 0.29) is 15.4 Å². The van der Waals surface area contributed by atoms with Gasteiger partial charge in [0.05, 0.1) is 16.4 Å².